The molecule has 1 saturated carbocycles. The normalized spacial score (nSPS) is 20.4. The van der Waals surface area contributed by atoms with Crippen LogP contribution in [0.3, 0.4) is 0 Å². The number of hydrogen-bond donors (Lipinski definition) is 2. The van der Waals surface area contributed by atoms with Crippen LogP contribution in [0.2, 0.25) is 0 Å². The van der Waals surface area contributed by atoms with Crippen molar-refractivity contribution < 1.29 is 19.1 Å². The van der Waals surface area contributed by atoms with Crippen LogP contribution in [0.15, 0.2) is 0 Å². The third-order valence-electron chi connectivity index (χ3n) is 4.83. The largest absolute Gasteiger partial charge is 0.444 e. The van der Waals surface area contributed by atoms with Gasteiger partial charge in [0.25, 0.3) is 0 Å². The van der Waals surface area contributed by atoms with Crippen LogP contribution in [0.4, 0.5) is 4.79 Å². The van der Waals surface area contributed by atoms with Gasteiger partial charge in [0.15, 0.2) is 0 Å². The second kappa shape index (κ2) is 6.99. The summed E-state index contributed by atoms with van der Waals surface area (Å²) >= 11 is 0. The predicted molar refractivity (Wildman–Crippen MR) is 89.1 cm³/mol. The van der Waals surface area contributed by atoms with E-state index in [0.29, 0.717) is 6.54 Å². The van der Waals surface area contributed by atoms with Crippen molar-refractivity contribution in [1.82, 2.24) is 10.2 Å². The molecule has 136 valence electrons. The molecule has 3 amide bonds. The van der Waals surface area contributed by atoms with E-state index in [4.69, 9.17) is 10.5 Å². The monoisotopic (exact) mass is 339 g/mol. The number of nitrogens with one attached hydrogen (secondary N) is 1. The molecule has 1 heterocycles. The van der Waals surface area contributed by atoms with Gasteiger partial charge in [-0.1, -0.05) is 6.42 Å². The summed E-state index contributed by atoms with van der Waals surface area (Å²) in [4.78, 5) is 37.7. The van der Waals surface area contributed by atoms with E-state index in [-0.39, 0.29) is 24.2 Å². The van der Waals surface area contributed by atoms with Crippen molar-refractivity contribution in [3.63, 3.8) is 0 Å². The van der Waals surface area contributed by atoms with Crippen molar-refractivity contribution in [3.8, 4) is 0 Å². The summed E-state index contributed by atoms with van der Waals surface area (Å²) < 4.78 is 5.22. The fourth-order valence-electron chi connectivity index (χ4n) is 3.42. The molecule has 1 saturated heterocycles. The first-order valence-electron chi connectivity index (χ1n) is 8.67. The molecule has 1 aliphatic carbocycles. The molecule has 1 atom stereocenters. The van der Waals surface area contributed by atoms with Crippen molar-refractivity contribution in [1.29, 1.82) is 0 Å². The number of carbonyl (C=O) groups excluding carboxylic acids is 3. The number of primary amides is 1. The summed E-state index contributed by atoms with van der Waals surface area (Å²) in [6.45, 7) is 6.73. The second-order valence-corrected chi connectivity index (χ2v) is 8.07. The Morgan fingerprint density at radius 3 is 2.38 bits per heavy atom. The number of alkyl carbamates (subject to hydrolysis) is 1. The summed E-state index contributed by atoms with van der Waals surface area (Å²) in [6.07, 6.45) is 4.17. The summed E-state index contributed by atoms with van der Waals surface area (Å²) in [5.74, 6) is -0.637. The van der Waals surface area contributed by atoms with Gasteiger partial charge in [0.05, 0.1) is 0 Å². The Balaban J connectivity index is 1.97. The quantitative estimate of drug-likeness (QED) is 0.793. The van der Waals surface area contributed by atoms with Crippen molar-refractivity contribution in [3.05, 3.63) is 0 Å². The topological polar surface area (TPSA) is 102 Å². The van der Waals surface area contributed by atoms with Gasteiger partial charge < -0.3 is 20.7 Å². The van der Waals surface area contributed by atoms with Gasteiger partial charge in [-0.2, -0.15) is 0 Å². The Morgan fingerprint density at radius 1 is 1.25 bits per heavy atom. The van der Waals surface area contributed by atoms with Crippen LogP contribution >= 0.6 is 0 Å². The molecule has 0 aromatic heterocycles. The third kappa shape index (κ3) is 4.85. The highest BCUT2D eigenvalue weighted by molar-refractivity contribution is 5.86. The lowest BCUT2D eigenvalue weighted by Gasteiger charge is -2.38. The molecule has 24 heavy (non-hydrogen) atoms. The molecule has 7 heteroatoms. The molecule has 1 aliphatic heterocycles. The number of nitrogens with two attached hydrogens (primary N) is 1. The van der Waals surface area contributed by atoms with E-state index >= 15 is 0 Å². The third-order valence-corrected chi connectivity index (χ3v) is 4.83. The Kier molecular flexibility index (Phi) is 5.40. The second-order valence-electron chi connectivity index (χ2n) is 8.07. The number of hydrogen-bond acceptors (Lipinski definition) is 4. The molecular formula is C17H29N3O4. The smallest absolute Gasteiger partial charge is 0.408 e. The zero-order chi connectivity index (χ0) is 18.0. The molecule has 0 aromatic rings. The van der Waals surface area contributed by atoms with Gasteiger partial charge in [-0.3, -0.25) is 9.59 Å². The average Bonchev–Trinajstić information content (AvgIpc) is 2.85. The SMILES string of the molecule is CC(C)(C)OC(=O)N[C@H](CCC(N)=O)C(=O)N1CCC2(CCC2)C1. The summed E-state index contributed by atoms with van der Waals surface area (Å²) in [6, 6.07) is -0.775. The minimum absolute atomic E-state index is 0.0468. The molecule has 2 aliphatic rings. The first kappa shape index (κ1) is 18.5. The first-order chi connectivity index (χ1) is 11.1. The molecule has 0 unspecified atom stereocenters. The fourth-order valence-corrected chi connectivity index (χ4v) is 3.42. The summed E-state index contributed by atoms with van der Waals surface area (Å²) in [5, 5.41) is 2.61. The van der Waals surface area contributed by atoms with Gasteiger partial charge in [-0.15, -0.1) is 0 Å². The maximum Gasteiger partial charge on any atom is 0.408 e. The van der Waals surface area contributed by atoms with Gasteiger partial charge in [-0.05, 0) is 51.9 Å². The fraction of sp³-hybridized carbons (Fsp3) is 0.824. The highest BCUT2D eigenvalue weighted by Crippen LogP contribution is 2.48. The Hall–Kier alpha value is -1.79. The lowest BCUT2D eigenvalue weighted by molar-refractivity contribution is -0.133. The first-order valence-corrected chi connectivity index (χ1v) is 8.67. The van der Waals surface area contributed by atoms with Gasteiger partial charge in [0.1, 0.15) is 11.6 Å². The molecular weight excluding hydrogens is 310 g/mol. The van der Waals surface area contributed by atoms with Gasteiger partial charge >= 0.3 is 6.09 Å². The highest BCUT2D eigenvalue weighted by atomic mass is 16.6. The number of likely N-dealkylation sites (tertiary alicyclic amines) is 1. The van der Waals surface area contributed by atoms with Crippen molar-refractivity contribution in [2.75, 3.05) is 13.1 Å². The van der Waals surface area contributed by atoms with Crippen LogP contribution in [0.25, 0.3) is 0 Å². The Morgan fingerprint density at radius 2 is 1.92 bits per heavy atom. The number of amides is 3. The number of rotatable bonds is 5. The zero-order valence-corrected chi connectivity index (χ0v) is 14.9. The Labute approximate surface area is 143 Å². The minimum Gasteiger partial charge on any atom is -0.444 e. The van der Waals surface area contributed by atoms with Gasteiger partial charge in [-0.25, -0.2) is 4.79 Å². The standard InChI is InChI=1S/C17H29N3O4/c1-16(2,3)24-15(23)19-12(5-6-13(18)21)14(22)20-10-9-17(11-20)7-4-8-17/h12H,4-11H2,1-3H3,(H2,18,21)(H,19,23)/t12-/m1/s1. The van der Waals surface area contributed by atoms with E-state index in [1.807, 2.05) is 4.90 Å². The van der Waals surface area contributed by atoms with E-state index in [9.17, 15) is 14.4 Å². The van der Waals surface area contributed by atoms with Crippen LogP contribution in [0, 0.1) is 5.41 Å². The number of carbonyl (C=O) groups is 3. The zero-order valence-electron chi connectivity index (χ0n) is 14.9. The number of ether oxygens (including phenoxy) is 1. The molecule has 0 bridgehead atoms. The Bertz CT molecular complexity index is 508. The molecule has 0 radical (unpaired) electrons. The molecule has 2 fully saturated rings. The lowest BCUT2D eigenvalue weighted by Crippen LogP contribution is -2.50. The predicted octanol–water partition coefficient (Wildman–Crippen LogP) is 1.55. The van der Waals surface area contributed by atoms with Gasteiger partial charge in [0.2, 0.25) is 11.8 Å². The van der Waals surface area contributed by atoms with E-state index < -0.39 is 23.6 Å². The van der Waals surface area contributed by atoms with Gasteiger partial charge in [0, 0.05) is 19.5 Å². The maximum atomic E-state index is 12.8. The average molecular weight is 339 g/mol. The van der Waals surface area contributed by atoms with E-state index in [1.54, 1.807) is 20.8 Å². The van der Waals surface area contributed by atoms with Crippen LogP contribution in [-0.4, -0.2) is 47.5 Å². The maximum absolute atomic E-state index is 12.8. The van der Waals surface area contributed by atoms with Crippen LogP contribution in [-0.2, 0) is 14.3 Å². The molecule has 7 nitrogen and oxygen atoms in total. The minimum atomic E-state index is -0.775. The van der Waals surface area contributed by atoms with Crippen LogP contribution in [0.5, 0.6) is 0 Å². The van der Waals surface area contributed by atoms with Crippen LogP contribution < -0.4 is 11.1 Å². The van der Waals surface area contributed by atoms with Crippen molar-refractivity contribution in [2.24, 2.45) is 11.1 Å². The summed E-state index contributed by atoms with van der Waals surface area (Å²) in [5.41, 5.74) is 4.83. The molecule has 1 spiro atoms. The van der Waals surface area contributed by atoms with E-state index in [2.05, 4.69) is 5.32 Å². The van der Waals surface area contributed by atoms with E-state index in [0.717, 1.165) is 13.0 Å². The highest BCUT2D eigenvalue weighted by Gasteiger charge is 2.45. The van der Waals surface area contributed by atoms with Crippen LogP contribution in [0.1, 0.15) is 59.3 Å². The molecule has 2 rings (SSSR count). The number of nitrogens with zero attached hydrogens (tertiary/aromatic N) is 1. The molecule has 0 aromatic carbocycles. The van der Waals surface area contributed by atoms with E-state index in [1.165, 1.54) is 19.3 Å². The lowest BCUT2D eigenvalue weighted by atomic mass is 9.68. The van der Waals surface area contributed by atoms with Crippen molar-refractivity contribution in [2.45, 2.75) is 70.9 Å². The summed E-state index contributed by atoms with van der Waals surface area (Å²) in [7, 11) is 0. The molecule has 3 N–H and O–H groups in total. The van der Waals surface area contributed by atoms with Crippen molar-refractivity contribution >= 4 is 17.9 Å².